The lowest BCUT2D eigenvalue weighted by Crippen LogP contribution is -2.00. The highest BCUT2D eigenvalue weighted by molar-refractivity contribution is 5.61. The van der Waals surface area contributed by atoms with Gasteiger partial charge >= 0.3 is 0 Å². The van der Waals surface area contributed by atoms with Crippen molar-refractivity contribution in [3.8, 4) is 0 Å². The number of anilines is 2. The van der Waals surface area contributed by atoms with E-state index < -0.39 is 0 Å². The van der Waals surface area contributed by atoms with Crippen molar-refractivity contribution in [3.05, 3.63) is 17.8 Å². The maximum absolute atomic E-state index is 5.69. The first kappa shape index (κ1) is 8.84. The molecule has 0 aliphatic carbocycles. The summed E-state index contributed by atoms with van der Waals surface area (Å²) >= 11 is 0. The van der Waals surface area contributed by atoms with Crippen molar-refractivity contribution in [1.82, 2.24) is 4.98 Å². The molecular formula is C9H15N3. The zero-order valence-electron chi connectivity index (χ0n) is 7.59. The van der Waals surface area contributed by atoms with E-state index in [1.54, 1.807) is 0 Å². The van der Waals surface area contributed by atoms with Crippen molar-refractivity contribution in [1.29, 1.82) is 0 Å². The third-order valence-corrected chi connectivity index (χ3v) is 1.76. The molecule has 0 radical (unpaired) electrons. The van der Waals surface area contributed by atoms with Gasteiger partial charge in [-0.2, -0.15) is 0 Å². The van der Waals surface area contributed by atoms with E-state index in [1.165, 1.54) is 0 Å². The van der Waals surface area contributed by atoms with Gasteiger partial charge in [-0.05, 0) is 18.6 Å². The molecule has 0 aliphatic heterocycles. The van der Waals surface area contributed by atoms with E-state index in [-0.39, 0.29) is 0 Å². The Balaban J connectivity index is 2.86. The van der Waals surface area contributed by atoms with Crippen LogP contribution in [0.25, 0.3) is 0 Å². The molecule has 1 aromatic heterocycles. The van der Waals surface area contributed by atoms with Gasteiger partial charge in [-0.1, -0.05) is 13.3 Å². The number of nitrogens with one attached hydrogen (secondary N) is 1. The molecule has 0 spiro atoms. The van der Waals surface area contributed by atoms with Crippen LogP contribution in [0.1, 0.15) is 19.0 Å². The second-order valence-electron chi connectivity index (χ2n) is 2.74. The second kappa shape index (κ2) is 3.95. The number of nitrogens with two attached hydrogens (primary N) is 1. The van der Waals surface area contributed by atoms with Crippen LogP contribution >= 0.6 is 0 Å². The van der Waals surface area contributed by atoms with Crippen LogP contribution < -0.4 is 11.1 Å². The Bertz CT molecular complexity index is 258. The fraction of sp³-hybridized carbons (Fsp3) is 0.444. The highest BCUT2D eigenvalue weighted by Crippen LogP contribution is 2.15. The molecular weight excluding hydrogens is 150 g/mol. The molecule has 1 aromatic rings. The summed E-state index contributed by atoms with van der Waals surface area (Å²) in [7, 11) is 1.84. The summed E-state index contributed by atoms with van der Waals surface area (Å²) in [6.07, 6.45) is 2.10. The number of hydrogen-bond donors (Lipinski definition) is 2. The Morgan fingerprint density at radius 1 is 1.50 bits per heavy atom. The van der Waals surface area contributed by atoms with Crippen LogP contribution in [0.2, 0.25) is 0 Å². The normalized spacial score (nSPS) is 9.83. The van der Waals surface area contributed by atoms with Crippen LogP contribution in [0.3, 0.4) is 0 Å². The minimum Gasteiger partial charge on any atom is -0.385 e. The molecule has 3 heteroatoms. The lowest BCUT2D eigenvalue weighted by molar-refractivity contribution is 0.885. The molecule has 0 saturated heterocycles. The summed E-state index contributed by atoms with van der Waals surface area (Å²) in [5, 5.41) is 2.98. The fourth-order valence-corrected chi connectivity index (χ4v) is 1.12. The molecule has 0 fully saturated rings. The number of aromatic nitrogens is 1. The molecule has 0 aromatic carbocycles. The van der Waals surface area contributed by atoms with E-state index in [0.717, 1.165) is 24.2 Å². The smallest absolute Gasteiger partial charge is 0.147 e. The highest BCUT2D eigenvalue weighted by atomic mass is 14.9. The van der Waals surface area contributed by atoms with Crippen molar-refractivity contribution >= 4 is 11.5 Å². The Morgan fingerprint density at radius 2 is 2.25 bits per heavy atom. The van der Waals surface area contributed by atoms with Crippen molar-refractivity contribution < 1.29 is 0 Å². The number of rotatable bonds is 3. The Labute approximate surface area is 73.0 Å². The summed E-state index contributed by atoms with van der Waals surface area (Å²) in [6.45, 7) is 2.13. The van der Waals surface area contributed by atoms with E-state index in [4.69, 9.17) is 5.73 Å². The van der Waals surface area contributed by atoms with Crippen molar-refractivity contribution in [3.63, 3.8) is 0 Å². The van der Waals surface area contributed by atoms with Crippen LogP contribution in [-0.2, 0) is 6.42 Å². The largest absolute Gasteiger partial charge is 0.385 e. The molecule has 0 saturated carbocycles. The predicted octanol–water partition coefficient (Wildman–Crippen LogP) is 1.66. The minimum absolute atomic E-state index is 0.587. The first-order valence-corrected chi connectivity index (χ1v) is 4.21. The summed E-state index contributed by atoms with van der Waals surface area (Å²) in [5.41, 5.74) is 7.65. The average molecular weight is 165 g/mol. The van der Waals surface area contributed by atoms with Gasteiger partial charge in [0.1, 0.15) is 5.82 Å². The highest BCUT2D eigenvalue weighted by Gasteiger charge is 1.98. The lowest BCUT2D eigenvalue weighted by Gasteiger charge is -2.05. The average Bonchev–Trinajstić information content (AvgIpc) is 2.05. The molecule has 66 valence electrons. The monoisotopic (exact) mass is 165 g/mol. The maximum atomic E-state index is 5.69. The topological polar surface area (TPSA) is 50.9 Å². The van der Waals surface area contributed by atoms with Crippen LogP contribution in [0.15, 0.2) is 12.1 Å². The van der Waals surface area contributed by atoms with Gasteiger partial charge in [0.05, 0.1) is 5.69 Å². The molecule has 1 heterocycles. The summed E-state index contributed by atoms with van der Waals surface area (Å²) < 4.78 is 0. The first-order valence-electron chi connectivity index (χ1n) is 4.21. The number of hydrogen-bond acceptors (Lipinski definition) is 3. The molecule has 1 rings (SSSR count). The Hall–Kier alpha value is -1.25. The zero-order valence-corrected chi connectivity index (χ0v) is 7.59. The van der Waals surface area contributed by atoms with E-state index >= 15 is 0 Å². The minimum atomic E-state index is 0.587. The van der Waals surface area contributed by atoms with E-state index in [9.17, 15) is 0 Å². The lowest BCUT2D eigenvalue weighted by atomic mass is 10.2. The molecule has 0 unspecified atom stereocenters. The molecule has 3 N–H and O–H groups in total. The van der Waals surface area contributed by atoms with E-state index in [0.29, 0.717) is 5.82 Å². The van der Waals surface area contributed by atoms with Gasteiger partial charge in [0.15, 0.2) is 0 Å². The van der Waals surface area contributed by atoms with E-state index in [2.05, 4.69) is 17.2 Å². The van der Waals surface area contributed by atoms with Crippen LogP contribution in [0.5, 0.6) is 0 Å². The van der Waals surface area contributed by atoms with Gasteiger partial charge < -0.3 is 11.1 Å². The number of nitrogen functional groups attached to an aromatic ring is 1. The number of aryl methyl sites for hydroxylation is 1. The van der Waals surface area contributed by atoms with Crippen LogP contribution in [0, 0.1) is 0 Å². The third-order valence-electron chi connectivity index (χ3n) is 1.76. The molecule has 0 aliphatic rings. The molecule has 0 atom stereocenters. The number of pyridine rings is 1. The third kappa shape index (κ3) is 1.87. The molecule has 0 amide bonds. The summed E-state index contributed by atoms with van der Waals surface area (Å²) in [5.74, 6) is 0.587. The van der Waals surface area contributed by atoms with Gasteiger partial charge in [0.25, 0.3) is 0 Å². The standard InChI is InChI=1S/C9H15N3/c1-3-4-7-5-6-8(11-2)9(10)12-7/h5-6,11H,3-4H2,1-2H3,(H2,10,12). The number of nitrogens with zero attached hydrogens (tertiary/aromatic N) is 1. The molecule has 12 heavy (non-hydrogen) atoms. The van der Waals surface area contributed by atoms with Crippen LogP contribution in [0.4, 0.5) is 11.5 Å². The molecule has 3 nitrogen and oxygen atoms in total. The Morgan fingerprint density at radius 3 is 2.75 bits per heavy atom. The van der Waals surface area contributed by atoms with Gasteiger partial charge in [-0.3, -0.25) is 0 Å². The first-order chi connectivity index (χ1) is 5.77. The van der Waals surface area contributed by atoms with Gasteiger partial charge in [-0.25, -0.2) is 4.98 Å². The zero-order chi connectivity index (χ0) is 8.97. The van der Waals surface area contributed by atoms with Crippen molar-refractivity contribution in [2.24, 2.45) is 0 Å². The fourth-order valence-electron chi connectivity index (χ4n) is 1.12. The maximum Gasteiger partial charge on any atom is 0.147 e. The quantitative estimate of drug-likeness (QED) is 0.716. The predicted molar refractivity (Wildman–Crippen MR) is 52.2 cm³/mol. The van der Waals surface area contributed by atoms with Gasteiger partial charge in [0, 0.05) is 12.7 Å². The van der Waals surface area contributed by atoms with Crippen molar-refractivity contribution in [2.45, 2.75) is 19.8 Å². The van der Waals surface area contributed by atoms with Crippen LogP contribution in [-0.4, -0.2) is 12.0 Å². The van der Waals surface area contributed by atoms with Gasteiger partial charge in [0.2, 0.25) is 0 Å². The van der Waals surface area contributed by atoms with Crippen molar-refractivity contribution in [2.75, 3.05) is 18.1 Å². The molecule has 0 bridgehead atoms. The SMILES string of the molecule is CCCc1ccc(NC)c(N)n1. The Kier molecular flexibility index (Phi) is 2.91. The van der Waals surface area contributed by atoms with Gasteiger partial charge in [-0.15, -0.1) is 0 Å². The second-order valence-corrected chi connectivity index (χ2v) is 2.74. The van der Waals surface area contributed by atoms with E-state index in [1.807, 2.05) is 19.2 Å². The summed E-state index contributed by atoms with van der Waals surface area (Å²) in [4.78, 5) is 4.25. The summed E-state index contributed by atoms with van der Waals surface area (Å²) in [6, 6.07) is 3.97.